The van der Waals surface area contributed by atoms with E-state index in [2.05, 4.69) is 5.10 Å². The second-order valence-electron chi connectivity index (χ2n) is 4.80. The van der Waals surface area contributed by atoms with Gasteiger partial charge in [0, 0.05) is 10.6 Å². The highest BCUT2D eigenvalue weighted by atomic mass is 35.5. The third-order valence-corrected chi connectivity index (χ3v) is 4.67. The highest BCUT2D eigenvalue weighted by molar-refractivity contribution is 7.89. The molecule has 0 radical (unpaired) electrons. The molecular weight excluding hydrogens is 357 g/mol. The zero-order chi connectivity index (χ0) is 16.6. The summed E-state index contributed by atoms with van der Waals surface area (Å²) in [6.07, 6.45) is 1.50. The lowest BCUT2D eigenvalue weighted by Crippen LogP contribution is -2.12. The van der Waals surface area contributed by atoms with Crippen molar-refractivity contribution in [3.05, 3.63) is 64.8 Å². The molecule has 0 fully saturated rings. The number of hydrogen-bond donors (Lipinski definition) is 1. The third-order valence-electron chi connectivity index (χ3n) is 3.23. The first-order chi connectivity index (χ1) is 10.9. The molecule has 0 spiro atoms. The van der Waals surface area contributed by atoms with Crippen molar-refractivity contribution in [2.24, 2.45) is 5.14 Å². The summed E-state index contributed by atoms with van der Waals surface area (Å²) < 4.78 is 24.6. The van der Waals surface area contributed by atoms with E-state index >= 15 is 0 Å². The lowest BCUT2D eigenvalue weighted by molar-refractivity contribution is 0.597. The molecule has 1 aromatic heterocycles. The lowest BCUT2D eigenvalue weighted by atomic mass is 10.1. The number of sulfonamides is 1. The van der Waals surface area contributed by atoms with E-state index in [0.29, 0.717) is 21.4 Å². The quantitative estimate of drug-likeness (QED) is 0.769. The minimum atomic E-state index is -3.80. The van der Waals surface area contributed by atoms with Crippen LogP contribution >= 0.6 is 23.2 Å². The predicted octanol–water partition coefficient (Wildman–Crippen LogP) is 3.49. The summed E-state index contributed by atoms with van der Waals surface area (Å²) in [5.41, 5.74) is 1.97. The van der Waals surface area contributed by atoms with Gasteiger partial charge in [0.2, 0.25) is 10.0 Å². The van der Waals surface area contributed by atoms with E-state index in [0.717, 1.165) is 5.56 Å². The van der Waals surface area contributed by atoms with Crippen LogP contribution in [0, 0.1) is 0 Å². The van der Waals surface area contributed by atoms with Crippen molar-refractivity contribution in [3.8, 4) is 16.9 Å². The van der Waals surface area contributed by atoms with Crippen molar-refractivity contribution in [1.29, 1.82) is 0 Å². The van der Waals surface area contributed by atoms with Gasteiger partial charge in [-0.1, -0.05) is 41.4 Å². The van der Waals surface area contributed by atoms with Crippen LogP contribution in [-0.2, 0) is 10.0 Å². The van der Waals surface area contributed by atoms with Gasteiger partial charge in [-0.05, 0) is 30.3 Å². The van der Waals surface area contributed by atoms with E-state index in [-0.39, 0.29) is 4.90 Å². The molecule has 118 valence electrons. The molecule has 0 bridgehead atoms. The zero-order valence-corrected chi connectivity index (χ0v) is 14.0. The first-order valence-electron chi connectivity index (χ1n) is 6.49. The standard InChI is InChI=1S/C15H11Cl2N3O2S/c16-11-6-4-10(5-7-11)15-14(17)9-19-20(15)12-2-1-3-13(8-12)23(18,21)22/h1-9H,(H2,18,21,22). The Morgan fingerprint density at radius 3 is 2.39 bits per heavy atom. The number of benzene rings is 2. The molecule has 2 aromatic carbocycles. The number of rotatable bonds is 3. The summed E-state index contributed by atoms with van der Waals surface area (Å²) in [4.78, 5) is 0.00341. The van der Waals surface area contributed by atoms with Gasteiger partial charge in [0.1, 0.15) is 0 Å². The molecule has 0 aliphatic carbocycles. The van der Waals surface area contributed by atoms with Gasteiger partial charge in [-0.15, -0.1) is 0 Å². The molecule has 8 heteroatoms. The van der Waals surface area contributed by atoms with Gasteiger partial charge in [0.05, 0.1) is 27.5 Å². The maximum absolute atomic E-state index is 11.5. The monoisotopic (exact) mass is 367 g/mol. The van der Waals surface area contributed by atoms with Gasteiger partial charge in [0.15, 0.2) is 0 Å². The number of halogens is 2. The molecule has 0 saturated heterocycles. The Kier molecular flexibility index (Phi) is 4.16. The van der Waals surface area contributed by atoms with Crippen molar-refractivity contribution >= 4 is 33.2 Å². The minimum Gasteiger partial charge on any atom is -0.231 e. The third kappa shape index (κ3) is 3.25. The van der Waals surface area contributed by atoms with Gasteiger partial charge < -0.3 is 0 Å². The van der Waals surface area contributed by atoms with Crippen molar-refractivity contribution in [2.75, 3.05) is 0 Å². The normalized spacial score (nSPS) is 11.6. The Morgan fingerprint density at radius 2 is 1.74 bits per heavy atom. The largest absolute Gasteiger partial charge is 0.238 e. The molecule has 1 heterocycles. The molecule has 5 nitrogen and oxygen atoms in total. The molecule has 0 unspecified atom stereocenters. The molecule has 3 aromatic rings. The Morgan fingerprint density at radius 1 is 1.04 bits per heavy atom. The fourth-order valence-corrected chi connectivity index (χ4v) is 3.10. The second kappa shape index (κ2) is 5.98. The molecule has 0 aliphatic heterocycles. The van der Waals surface area contributed by atoms with Crippen LogP contribution in [0.1, 0.15) is 0 Å². The van der Waals surface area contributed by atoms with Gasteiger partial charge in [-0.2, -0.15) is 5.10 Å². The molecule has 3 rings (SSSR count). The highest BCUT2D eigenvalue weighted by Gasteiger charge is 2.15. The number of nitrogens with zero attached hydrogens (tertiary/aromatic N) is 2. The van der Waals surface area contributed by atoms with Crippen LogP contribution in [0.2, 0.25) is 10.0 Å². The van der Waals surface area contributed by atoms with E-state index in [1.165, 1.54) is 18.3 Å². The van der Waals surface area contributed by atoms with Crippen molar-refractivity contribution < 1.29 is 8.42 Å². The van der Waals surface area contributed by atoms with Crippen LogP contribution < -0.4 is 5.14 Å². The zero-order valence-electron chi connectivity index (χ0n) is 11.6. The first-order valence-corrected chi connectivity index (χ1v) is 8.79. The summed E-state index contributed by atoms with van der Waals surface area (Å²) in [6, 6.07) is 13.3. The average molecular weight is 368 g/mol. The van der Waals surface area contributed by atoms with Crippen LogP contribution in [0.15, 0.2) is 59.6 Å². The number of nitrogens with two attached hydrogens (primary N) is 1. The van der Waals surface area contributed by atoms with Crippen molar-refractivity contribution in [3.63, 3.8) is 0 Å². The molecular formula is C15H11Cl2N3O2S. The minimum absolute atomic E-state index is 0.00341. The number of hydrogen-bond acceptors (Lipinski definition) is 3. The second-order valence-corrected chi connectivity index (χ2v) is 7.21. The number of primary sulfonamides is 1. The topological polar surface area (TPSA) is 78.0 Å². The molecule has 0 amide bonds. The van der Waals surface area contributed by atoms with Crippen molar-refractivity contribution in [1.82, 2.24) is 9.78 Å². The number of aromatic nitrogens is 2. The van der Waals surface area contributed by atoms with Gasteiger partial charge in [0.25, 0.3) is 0 Å². The Hall–Kier alpha value is -1.86. The summed E-state index contributed by atoms with van der Waals surface area (Å²) in [5.74, 6) is 0. The van der Waals surface area contributed by atoms with E-state index in [1.54, 1.807) is 28.9 Å². The molecule has 23 heavy (non-hydrogen) atoms. The molecule has 2 N–H and O–H groups in total. The smallest absolute Gasteiger partial charge is 0.231 e. The van der Waals surface area contributed by atoms with Crippen LogP contribution in [0.3, 0.4) is 0 Å². The summed E-state index contributed by atoms with van der Waals surface area (Å²) in [5, 5.41) is 10.4. The SMILES string of the molecule is NS(=O)(=O)c1cccc(-n2ncc(Cl)c2-c2ccc(Cl)cc2)c1. The van der Waals surface area contributed by atoms with E-state index in [1.807, 2.05) is 12.1 Å². The van der Waals surface area contributed by atoms with Crippen LogP contribution in [0.4, 0.5) is 0 Å². The maximum atomic E-state index is 11.5. The summed E-state index contributed by atoms with van der Waals surface area (Å²) in [6.45, 7) is 0. The van der Waals surface area contributed by atoms with Crippen LogP contribution in [0.25, 0.3) is 16.9 Å². The van der Waals surface area contributed by atoms with E-state index in [9.17, 15) is 8.42 Å². The molecule has 0 atom stereocenters. The average Bonchev–Trinajstić information content (AvgIpc) is 2.89. The highest BCUT2D eigenvalue weighted by Crippen LogP contribution is 2.31. The van der Waals surface area contributed by atoms with E-state index in [4.69, 9.17) is 28.3 Å². The lowest BCUT2D eigenvalue weighted by Gasteiger charge is -2.09. The summed E-state index contributed by atoms with van der Waals surface area (Å²) >= 11 is 12.1. The van der Waals surface area contributed by atoms with Gasteiger partial charge >= 0.3 is 0 Å². The van der Waals surface area contributed by atoms with Crippen LogP contribution in [-0.4, -0.2) is 18.2 Å². The van der Waals surface area contributed by atoms with E-state index < -0.39 is 10.0 Å². The maximum Gasteiger partial charge on any atom is 0.238 e. The van der Waals surface area contributed by atoms with Crippen LogP contribution in [0.5, 0.6) is 0 Å². The summed E-state index contributed by atoms with van der Waals surface area (Å²) in [7, 11) is -3.80. The van der Waals surface area contributed by atoms with Gasteiger partial charge in [-0.25, -0.2) is 18.2 Å². The Bertz CT molecular complexity index is 967. The molecule has 0 saturated carbocycles. The fourth-order valence-electron chi connectivity index (χ4n) is 2.18. The van der Waals surface area contributed by atoms with Crippen molar-refractivity contribution in [2.45, 2.75) is 4.90 Å². The Balaban J connectivity index is 2.17. The first kappa shape index (κ1) is 16.0. The Labute approximate surface area is 143 Å². The fraction of sp³-hybridized carbons (Fsp3) is 0. The van der Waals surface area contributed by atoms with Gasteiger partial charge in [-0.3, -0.25) is 0 Å². The predicted molar refractivity (Wildman–Crippen MR) is 90.4 cm³/mol. The molecule has 0 aliphatic rings.